The van der Waals surface area contributed by atoms with Crippen LogP contribution in [0.2, 0.25) is 0 Å². The van der Waals surface area contributed by atoms with Crippen LogP contribution < -0.4 is 0 Å². The Bertz CT molecular complexity index is 5650. The van der Waals surface area contributed by atoms with Gasteiger partial charge in [-0.1, -0.05) is 60.7 Å². The summed E-state index contributed by atoms with van der Waals surface area (Å²) < 4.78 is 444. The van der Waals surface area contributed by atoms with Crippen LogP contribution in [0.4, 0.5) is 132 Å². The maximum atomic E-state index is 15.7. The van der Waals surface area contributed by atoms with E-state index in [-0.39, 0.29) is 93.5 Å². The van der Waals surface area contributed by atoms with E-state index in [0.29, 0.717) is 36.4 Å². The van der Waals surface area contributed by atoms with Crippen LogP contribution >= 0.6 is 0 Å². The Morgan fingerprint density at radius 2 is 0.518 bits per heavy atom. The topological polar surface area (TPSA) is 33.6 Å². The Kier molecular flexibility index (Phi) is 18.0. The third-order valence-corrected chi connectivity index (χ3v) is 18.2. The molecule has 566 valence electrons. The van der Waals surface area contributed by atoms with Crippen LogP contribution in [0.15, 0.2) is 200 Å². The van der Waals surface area contributed by atoms with Crippen molar-refractivity contribution in [3.05, 3.63) is 261 Å². The zero-order valence-electron chi connectivity index (χ0n) is 53.7. The molecule has 0 saturated heterocycles. The molecule has 13 aromatic rings. The minimum Gasteiger partial charge on any atom is -0.309 e. The van der Waals surface area contributed by atoms with Crippen molar-refractivity contribution in [1.82, 2.24) is 9.13 Å². The van der Waals surface area contributed by atoms with E-state index >= 15 is 26.3 Å². The van der Waals surface area contributed by atoms with Gasteiger partial charge in [0.2, 0.25) is 0 Å². The van der Waals surface area contributed by atoms with E-state index in [4.69, 9.17) is 0 Å². The molecular formula is C77H33F30N3. The number of nitrogens with zero attached hydrogens (tertiary/aromatic N) is 3. The Morgan fingerprint density at radius 1 is 0.227 bits per heavy atom. The molecule has 33 heteroatoms. The third-order valence-electron chi connectivity index (χ3n) is 18.2. The zero-order chi connectivity index (χ0) is 80.2. The minimum atomic E-state index is -5.75. The number of benzene rings is 11. The number of hydrogen-bond acceptors (Lipinski definition) is 1. The predicted octanol–water partition coefficient (Wildman–Crippen LogP) is 27.9. The summed E-state index contributed by atoms with van der Waals surface area (Å²) >= 11 is 0. The SMILES string of the molecule is N#Cc1ccc(-n2c3ccc(-c4ccc(C(F)(F)F)cc4C(F)(F)F)cc3c3cc(-c4ccc(C(F)(F)F)cc4C(F)(F)F)ccc32)c(-c2cc(-n3c4ccc(-c5ccc(C(F)(F)F)cc5C(F)(F)F)cc4c4cc(-c5ccc(C(F)(F)F)cc5C(F)(F)F)ccc43)ccc2-c2c(C(F)(F)F)cccc2C(F)(F)F)c1. The van der Waals surface area contributed by atoms with Crippen molar-refractivity contribution in [1.29, 1.82) is 5.26 Å². The van der Waals surface area contributed by atoms with Crippen LogP contribution in [0.25, 0.3) is 122 Å². The highest BCUT2D eigenvalue weighted by atomic mass is 19.4. The number of fused-ring (bicyclic) bond motifs is 6. The number of aromatic nitrogens is 2. The average Bonchev–Trinajstić information content (AvgIpc) is 1.50. The van der Waals surface area contributed by atoms with Gasteiger partial charge in [-0.2, -0.15) is 137 Å². The molecule has 0 spiro atoms. The van der Waals surface area contributed by atoms with Gasteiger partial charge in [0.15, 0.2) is 0 Å². The maximum Gasteiger partial charge on any atom is 0.417 e. The van der Waals surface area contributed by atoms with Gasteiger partial charge >= 0.3 is 61.8 Å². The zero-order valence-corrected chi connectivity index (χ0v) is 53.7. The van der Waals surface area contributed by atoms with Gasteiger partial charge in [-0.25, -0.2) is 0 Å². The number of halogens is 30. The van der Waals surface area contributed by atoms with Gasteiger partial charge in [0.05, 0.1) is 95.0 Å². The monoisotopic (exact) mass is 1570 g/mol. The van der Waals surface area contributed by atoms with Gasteiger partial charge in [0, 0.05) is 38.4 Å². The first-order chi connectivity index (χ1) is 50.8. The highest BCUT2D eigenvalue weighted by Gasteiger charge is 2.46. The summed E-state index contributed by atoms with van der Waals surface area (Å²) in [6.45, 7) is 0. The summed E-state index contributed by atoms with van der Waals surface area (Å²) in [5.41, 5.74) is -32.1. The van der Waals surface area contributed by atoms with E-state index < -0.39 is 212 Å². The van der Waals surface area contributed by atoms with E-state index in [9.17, 15) is 111 Å². The Balaban J connectivity index is 1.16. The lowest BCUT2D eigenvalue weighted by Crippen LogP contribution is -2.14. The number of hydrogen-bond donors (Lipinski definition) is 0. The van der Waals surface area contributed by atoms with Crippen LogP contribution in [0.3, 0.4) is 0 Å². The van der Waals surface area contributed by atoms with Gasteiger partial charge in [0.25, 0.3) is 0 Å². The lowest BCUT2D eigenvalue weighted by atomic mass is 9.86. The summed E-state index contributed by atoms with van der Waals surface area (Å²) in [6.07, 6.45) is -55.4. The van der Waals surface area contributed by atoms with Gasteiger partial charge in [0.1, 0.15) is 0 Å². The fraction of sp³-hybridized carbons (Fsp3) is 0.130. The van der Waals surface area contributed by atoms with Gasteiger partial charge in [-0.3, -0.25) is 0 Å². The Morgan fingerprint density at radius 3 is 0.800 bits per heavy atom. The van der Waals surface area contributed by atoms with E-state index in [1.807, 2.05) is 0 Å². The quantitative estimate of drug-likeness (QED) is 0.140. The van der Waals surface area contributed by atoms with Crippen LogP contribution in [-0.2, 0) is 61.8 Å². The number of alkyl halides is 30. The number of nitriles is 1. The number of rotatable bonds is 8. The van der Waals surface area contributed by atoms with Crippen molar-refractivity contribution < 1.29 is 132 Å². The molecule has 110 heavy (non-hydrogen) atoms. The summed E-state index contributed by atoms with van der Waals surface area (Å²) in [4.78, 5) is 0. The highest BCUT2D eigenvalue weighted by Crippen LogP contribution is 2.54. The van der Waals surface area contributed by atoms with E-state index in [2.05, 4.69) is 0 Å². The largest absolute Gasteiger partial charge is 0.417 e. The minimum absolute atomic E-state index is 0.225. The van der Waals surface area contributed by atoms with Crippen LogP contribution in [0, 0.1) is 11.3 Å². The van der Waals surface area contributed by atoms with Crippen LogP contribution in [0.1, 0.15) is 61.2 Å². The lowest BCUT2D eigenvalue weighted by Gasteiger charge is -2.23. The second-order valence-electron chi connectivity index (χ2n) is 24.9. The van der Waals surface area contributed by atoms with Crippen LogP contribution in [-0.4, -0.2) is 9.13 Å². The Labute approximate surface area is 595 Å². The molecule has 11 aromatic carbocycles. The molecule has 2 aromatic heterocycles. The average molecular weight is 1570 g/mol. The molecule has 13 rings (SSSR count). The molecule has 0 fully saturated rings. The first-order valence-electron chi connectivity index (χ1n) is 31.1. The smallest absolute Gasteiger partial charge is 0.309 e. The summed E-state index contributed by atoms with van der Waals surface area (Å²) in [6, 6.07) is 20.4. The highest BCUT2D eigenvalue weighted by molar-refractivity contribution is 6.14. The first-order valence-corrected chi connectivity index (χ1v) is 31.1. The summed E-state index contributed by atoms with van der Waals surface area (Å²) in [7, 11) is 0. The molecule has 0 bridgehead atoms. The van der Waals surface area contributed by atoms with Gasteiger partial charge < -0.3 is 9.13 Å². The van der Waals surface area contributed by atoms with Crippen molar-refractivity contribution in [3.63, 3.8) is 0 Å². The van der Waals surface area contributed by atoms with Crippen LogP contribution in [0.5, 0.6) is 0 Å². The third kappa shape index (κ3) is 14.0. The Hall–Kier alpha value is -11.6. The van der Waals surface area contributed by atoms with Crippen molar-refractivity contribution >= 4 is 43.6 Å². The van der Waals surface area contributed by atoms with E-state index in [1.165, 1.54) is 0 Å². The second-order valence-corrected chi connectivity index (χ2v) is 24.9. The standard InChI is InChI=1S/C77H33F30N3/c78-68(79,80)40-9-14-45(58(29-40)74(96,97)98)36-5-20-62-52(25-36)53-26-37(46-15-10-41(69(81,82)83)30-59(46)75(99,100)101)6-21-63(53)109(62)44-13-18-49(67-56(72(90,91)92)2-1-3-57(67)73(93,94)95)50(33-44)51-24-35(34-108)4-19-64(51)110-65-22-7-38(47-16-11-42(70(84,85)86)31-60(47)76(102,103)104)27-54(65)55-28-39(8-23-66(55)110)48-17-12-43(71(87,88)89)32-61(48)77(105,106)107/h1-33H. The lowest BCUT2D eigenvalue weighted by molar-refractivity contribution is -0.144. The van der Waals surface area contributed by atoms with Crippen molar-refractivity contribution in [2.45, 2.75) is 61.8 Å². The molecule has 0 radical (unpaired) electrons. The van der Waals surface area contributed by atoms with Crippen molar-refractivity contribution in [3.8, 4) is 84.2 Å². The molecule has 0 aliphatic heterocycles. The maximum absolute atomic E-state index is 15.7. The molecule has 0 saturated carbocycles. The van der Waals surface area contributed by atoms with E-state index in [0.717, 1.165) is 112 Å². The molecule has 0 atom stereocenters. The van der Waals surface area contributed by atoms with E-state index in [1.54, 1.807) is 6.07 Å². The molecule has 2 heterocycles. The molecule has 0 amide bonds. The van der Waals surface area contributed by atoms with Crippen molar-refractivity contribution in [2.24, 2.45) is 0 Å². The van der Waals surface area contributed by atoms with Crippen molar-refractivity contribution in [2.75, 3.05) is 0 Å². The fourth-order valence-corrected chi connectivity index (χ4v) is 13.5. The molecule has 0 aliphatic rings. The molecular weight excluding hydrogens is 1540 g/mol. The summed E-state index contributed by atoms with van der Waals surface area (Å²) in [5, 5.41) is 9.06. The molecule has 0 aliphatic carbocycles. The molecule has 0 N–H and O–H groups in total. The van der Waals surface area contributed by atoms with Gasteiger partial charge in [-0.05, 0) is 195 Å². The summed E-state index contributed by atoms with van der Waals surface area (Å²) in [5.74, 6) is 0. The first kappa shape index (κ1) is 76.6. The second kappa shape index (κ2) is 25.8. The normalized spacial score (nSPS) is 13.4. The van der Waals surface area contributed by atoms with Gasteiger partial charge in [-0.15, -0.1) is 0 Å². The molecule has 0 unspecified atom stereocenters. The molecule has 3 nitrogen and oxygen atoms in total. The fourth-order valence-electron chi connectivity index (χ4n) is 13.5. The predicted molar refractivity (Wildman–Crippen MR) is 342 cm³/mol.